The van der Waals surface area contributed by atoms with E-state index < -0.39 is 6.04 Å². The van der Waals surface area contributed by atoms with Crippen LogP contribution in [-0.2, 0) is 14.3 Å². The fraction of sp³-hybridized carbons (Fsp3) is 0.600. The minimum absolute atomic E-state index is 0.152. The fourth-order valence-corrected chi connectivity index (χ4v) is 2.50. The third-order valence-electron chi connectivity index (χ3n) is 3.80. The lowest BCUT2D eigenvalue weighted by Gasteiger charge is -2.36. The van der Waals surface area contributed by atoms with E-state index >= 15 is 0 Å². The van der Waals surface area contributed by atoms with E-state index in [0.29, 0.717) is 19.3 Å². The molecule has 1 fully saturated rings. The molecule has 2 atom stereocenters. The quantitative estimate of drug-likeness (QED) is 0.840. The number of methoxy groups -OCH3 is 1. The number of morpholine rings is 1. The average molecular weight is 293 g/mol. The van der Waals surface area contributed by atoms with Gasteiger partial charge in [0.25, 0.3) is 0 Å². The van der Waals surface area contributed by atoms with Crippen LogP contribution in [0, 0.1) is 6.92 Å². The number of ether oxygens (including phenoxy) is 2. The van der Waals surface area contributed by atoms with Gasteiger partial charge in [-0.1, -0.05) is 0 Å². The lowest BCUT2D eigenvalue weighted by atomic mass is 10.0. The Balaban J connectivity index is 2.22. The van der Waals surface area contributed by atoms with E-state index in [1.54, 1.807) is 6.20 Å². The van der Waals surface area contributed by atoms with Gasteiger partial charge < -0.3 is 20.1 Å². The number of hydrogen-bond donors (Lipinski definition) is 1. The molecule has 1 aliphatic rings. The van der Waals surface area contributed by atoms with E-state index in [2.05, 4.69) is 21.5 Å². The Morgan fingerprint density at radius 2 is 2.43 bits per heavy atom. The molecule has 6 heteroatoms. The molecule has 1 unspecified atom stereocenters. The minimum atomic E-state index is -0.402. The highest BCUT2D eigenvalue weighted by Crippen LogP contribution is 2.26. The molecule has 0 radical (unpaired) electrons. The van der Waals surface area contributed by atoms with Gasteiger partial charge in [0.2, 0.25) is 0 Å². The topological polar surface area (TPSA) is 77.7 Å². The Kier molecular flexibility index (Phi) is 5.14. The number of carbonyl (C=O) groups is 1. The summed E-state index contributed by atoms with van der Waals surface area (Å²) in [6.07, 6.45) is 1.89. The zero-order valence-electron chi connectivity index (χ0n) is 12.8. The Morgan fingerprint density at radius 3 is 3.10 bits per heavy atom. The number of esters is 1. The van der Waals surface area contributed by atoms with Crippen LogP contribution in [0.2, 0.25) is 0 Å². The third-order valence-corrected chi connectivity index (χ3v) is 3.80. The molecule has 0 amide bonds. The molecule has 0 bridgehead atoms. The van der Waals surface area contributed by atoms with Gasteiger partial charge in [-0.15, -0.1) is 0 Å². The molecule has 1 saturated heterocycles. The first-order valence-corrected chi connectivity index (χ1v) is 7.16. The van der Waals surface area contributed by atoms with Crippen LogP contribution in [0.4, 0.5) is 5.69 Å². The first-order chi connectivity index (χ1) is 10.0. The summed E-state index contributed by atoms with van der Waals surface area (Å²) >= 11 is 0. The van der Waals surface area contributed by atoms with Crippen molar-refractivity contribution in [2.24, 2.45) is 5.73 Å². The molecule has 0 aliphatic carbocycles. The number of aryl methyl sites for hydroxylation is 1. The molecule has 2 rings (SSSR count). The summed E-state index contributed by atoms with van der Waals surface area (Å²) in [5.74, 6) is -0.315. The molecule has 1 aromatic rings. The highest BCUT2D eigenvalue weighted by atomic mass is 16.5. The van der Waals surface area contributed by atoms with Gasteiger partial charge >= 0.3 is 5.97 Å². The maximum absolute atomic E-state index is 11.4. The zero-order valence-corrected chi connectivity index (χ0v) is 12.8. The zero-order chi connectivity index (χ0) is 15.4. The highest BCUT2D eigenvalue weighted by molar-refractivity contribution is 5.70. The Labute approximate surface area is 125 Å². The second kappa shape index (κ2) is 6.87. The average Bonchev–Trinajstić information content (AvgIpc) is 2.48. The number of anilines is 1. The van der Waals surface area contributed by atoms with Gasteiger partial charge in [0.05, 0.1) is 38.1 Å². The molecule has 116 valence electrons. The molecule has 2 heterocycles. The SMILES string of the molecule is COC(=O)CC(N)c1cnc(C)c(N2CCOC[C@@H]2C)c1. The largest absolute Gasteiger partial charge is 0.469 e. The number of nitrogens with zero attached hydrogens (tertiary/aromatic N) is 2. The van der Waals surface area contributed by atoms with Crippen molar-refractivity contribution in [2.45, 2.75) is 32.4 Å². The van der Waals surface area contributed by atoms with Gasteiger partial charge in [-0.3, -0.25) is 9.78 Å². The summed E-state index contributed by atoms with van der Waals surface area (Å²) in [6, 6.07) is 1.92. The third kappa shape index (κ3) is 3.71. The van der Waals surface area contributed by atoms with Crippen molar-refractivity contribution in [1.29, 1.82) is 0 Å². The van der Waals surface area contributed by atoms with Crippen LogP contribution < -0.4 is 10.6 Å². The smallest absolute Gasteiger partial charge is 0.307 e. The van der Waals surface area contributed by atoms with Crippen molar-refractivity contribution >= 4 is 11.7 Å². The van der Waals surface area contributed by atoms with E-state index in [1.165, 1.54) is 7.11 Å². The molecule has 0 spiro atoms. The molecule has 1 aliphatic heterocycles. The molecule has 21 heavy (non-hydrogen) atoms. The van der Waals surface area contributed by atoms with Gasteiger partial charge in [0.1, 0.15) is 0 Å². The number of carbonyl (C=O) groups excluding carboxylic acids is 1. The van der Waals surface area contributed by atoms with E-state index in [9.17, 15) is 4.79 Å². The molecule has 0 aromatic carbocycles. The molecule has 2 N–H and O–H groups in total. The molecular formula is C15H23N3O3. The monoisotopic (exact) mass is 293 g/mol. The normalized spacial score (nSPS) is 20.2. The number of aromatic nitrogens is 1. The standard InChI is InChI=1S/C15H23N3O3/c1-10-9-21-5-4-18(10)14-6-12(8-17-11(14)2)13(16)7-15(19)20-3/h6,8,10,13H,4-5,7,9,16H2,1-3H3/t10-,13?/m0/s1. The van der Waals surface area contributed by atoms with E-state index in [-0.39, 0.29) is 12.4 Å². The van der Waals surface area contributed by atoms with E-state index in [4.69, 9.17) is 10.5 Å². The van der Waals surface area contributed by atoms with Gasteiger partial charge in [-0.2, -0.15) is 0 Å². The van der Waals surface area contributed by atoms with E-state index in [0.717, 1.165) is 23.5 Å². The van der Waals surface area contributed by atoms with Crippen molar-refractivity contribution in [3.8, 4) is 0 Å². The maximum atomic E-state index is 11.4. The number of rotatable bonds is 4. The van der Waals surface area contributed by atoms with Crippen molar-refractivity contribution in [2.75, 3.05) is 31.8 Å². The Bertz CT molecular complexity index is 507. The highest BCUT2D eigenvalue weighted by Gasteiger charge is 2.22. The predicted octanol–water partition coefficient (Wildman–Crippen LogP) is 1.18. The number of pyridine rings is 1. The number of hydrogen-bond acceptors (Lipinski definition) is 6. The molecule has 0 saturated carbocycles. The fourth-order valence-electron chi connectivity index (χ4n) is 2.50. The van der Waals surface area contributed by atoms with Gasteiger partial charge in [0, 0.05) is 24.8 Å². The molecule has 6 nitrogen and oxygen atoms in total. The summed E-state index contributed by atoms with van der Waals surface area (Å²) in [7, 11) is 1.36. The lowest BCUT2D eigenvalue weighted by molar-refractivity contribution is -0.141. The van der Waals surface area contributed by atoms with Crippen LogP contribution in [0.5, 0.6) is 0 Å². The van der Waals surface area contributed by atoms with E-state index in [1.807, 2.05) is 13.0 Å². The first-order valence-electron chi connectivity index (χ1n) is 7.16. The van der Waals surface area contributed by atoms with Gasteiger partial charge in [-0.25, -0.2) is 0 Å². The first kappa shape index (κ1) is 15.7. The van der Waals surface area contributed by atoms with Crippen molar-refractivity contribution < 1.29 is 14.3 Å². The number of nitrogens with two attached hydrogens (primary N) is 1. The van der Waals surface area contributed by atoms with Crippen LogP contribution in [-0.4, -0.2) is 43.9 Å². The van der Waals surface area contributed by atoms with Crippen LogP contribution in [0.1, 0.15) is 30.6 Å². The van der Waals surface area contributed by atoms with Gasteiger partial charge in [-0.05, 0) is 25.5 Å². The second-order valence-corrected chi connectivity index (χ2v) is 5.38. The van der Waals surface area contributed by atoms with Crippen LogP contribution in [0.15, 0.2) is 12.3 Å². The summed E-state index contributed by atoms with van der Waals surface area (Å²) in [5.41, 5.74) is 8.93. The summed E-state index contributed by atoms with van der Waals surface area (Å²) in [4.78, 5) is 18.1. The summed E-state index contributed by atoms with van der Waals surface area (Å²) in [6.45, 7) is 6.35. The minimum Gasteiger partial charge on any atom is -0.469 e. The Hall–Kier alpha value is -1.66. The van der Waals surface area contributed by atoms with Crippen molar-refractivity contribution in [3.63, 3.8) is 0 Å². The van der Waals surface area contributed by atoms with Crippen LogP contribution >= 0.6 is 0 Å². The molecule has 1 aromatic heterocycles. The second-order valence-electron chi connectivity index (χ2n) is 5.38. The van der Waals surface area contributed by atoms with Gasteiger partial charge in [0.15, 0.2) is 0 Å². The van der Waals surface area contributed by atoms with Crippen LogP contribution in [0.3, 0.4) is 0 Å². The summed E-state index contributed by atoms with van der Waals surface area (Å²) < 4.78 is 10.1. The van der Waals surface area contributed by atoms with Crippen LogP contribution in [0.25, 0.3) is 0 Å². The lowest BCUT2D eigenvalue weighted by Crippen LogP contribution is -2.44. The Morgan fingerprint density at radius 1 is 1.67 bits per heavy atom. The summed E-state index contributed by atoms with van der Waals surface area (Å²) in [5, 5.41) is 0. The maximum Gasteiger partial charge on any atom is 0.307 e. The van der Waals surface area contributed by atoms with Crippen molar-refractivity contribution in [3.05, 3.63) is 23.5 Å². The van der Waals surface area contributed by atoms with Crippen molar-refractivity contribution in [1.82, 2.24) is 4.98 Å². The molecular weight excluding hydrogens is 270 g/mol. The predicted molar refractivity (Wildman–Crippen MR) is 80.2 cm³/mol.